The number of nitrogens with zero attached hydrogens (tertiary/aromatic N) is 2. The third kappa shape index (κ3) is 2.12. The fraction of sp³-hybridized carbons (Fsp3) is 0.182. The van der Waals surface area contributed by atoms with Gasteiger partial charge in [-0.25, -0.2) is 4.98 Å². The summed E-state index contributed by atoms with van der Waals surface area (Å²) in [6.07, 6.45) is 0. The minimum absolute atomic E-state index is 0.0667. The Labute approximate surface area is 102 Å². The van der Waals surface area contributed by atoms with Crippen molar-refractivity contribution in [1.82, 2.24) is 4.98 Å². The first kappa shape index (κ1) is 11.5. The summed E-state index contributed by atoms with van der Waals surface area (Å²) in [6, 6.07) is 4.75. The van der Waals surface area contributed by atoms with Gasteiger partial charge in [-0.3, -0.25) is 10.1 Å². The van der Waals surface area contributed by atoms with E-state index in [-0.39, 0.29) is 5.69 Å². The van der Waals surface area contributed by atoms with Crippen molar-refractivity contribution in [3.8, 4) is 10.6 Å². The maximum atomic E-state index is 10.7. The molecule has 0 fully saturated rings. The molecule has 0 saturated carbocycles. The van der Waals surface area contributed by atoms with Crippen molar-refractivity contribution in [3.05, 3.63) is 38.8 Å². The smallest absolute Gasteiger partial charge is 0.270 e. The van der Waals surface area contributed by atoms with Crippen molar-refractivity contribution in [1.29, 1.82) is 0 Å². The first-order valence-electron chi connectivity index (χ1n) is 4.97. The molecule has 2 aromatic rings. The van der Waals surface area contributed by atoms with E-state index in [1.54, 1.807) is 6.07 Å². The van der Waals surface area contributed by atoms with Gasteiger partial charge in [-0.05, 0) is 19.4 Å². The maximum Gasteiger partial charge on any atom is 0.270 e. The van der Waals surface area contributed by atoms with Gasteiger partial charge in [-0.1, -0.05) is 6.07 Å². The number of thiazole rings is 1. The highest BCUT2D eigenvalue weighted by molar-refractivity contribution is 7.15. The summed E-state index contributed by atoms with van der Waals surface area (Å²) in [7, 11) is 0. The largest absolute Gasteiger partial charge is 0.383 e. The number of hydrogen-bond acceptors (Lipinski definition) is 5. The van der Waals surface area contributed by atoms with Crippen LogP contribution in [0.5, 0.6) is 0 Å². The first-order chi connectivity index (χ1) is 7.99. The molecular weight excluding hydrogens is 238 g/mol. The summed E-state index contributed by atoms with van der Waals surface area (Å²) in [6.45, 7) is 3.77. The molecular formula is C11H11N3O2S. The molecule has 0 unspecified atom stereocenters. The van der Waals surface area contributed by atoms with Crippen molar-refractivity contribution in [3.63, 3.8) is 0 Å². The van der Waals surface area contributed by atoms with Gasteiger partial charge < -0.3 is 5.73 Å². The van der Waals surface area contributed by atoms with Crippen molar-refractivity contribution in [2.24, 2.45) is 0 Å². The summed E-state index contributed by atoms with van der Waals surface area (Å²) >= 11 is 1.44. The lowest BCUT2D eigenvalue weighted by atomic mass is 10.1. The topological polar surface area (TPSA) is 82.0 Å². The van der Waals surface area contributed by atoms with E-state index < -0.39 is 4.92 Å². The Balaban J connectivity index is 2.57. The summed E-state index contributed by atoms with van der Waals surface area (Å²) in [5, 5.41) is 11.5. The van der Waals surface area contributed by atoms with Gasteiger partial charge in [0.15, 0.2) is 0 Å². The van der Waals surface area contributed by atoms with Crippen LogP contribution in [0.15, 0.2) is 18.2 Å². The second-order valence-corrected chi connectivity index (χ2v) is 4.92. The van der Waals surface area contributed by atoms with Crippen molar-refractivity contribution in [2.75, 3.05) is 5.73 Å². The molecule has 0 aliphatic carbocycles. The molecule has 0 bridgehead atoms. The lowest BCUT2D eigenvalue weighted by molar-refractivity contribution is -0.384. The molecule has 2 N–H and O–H groups in total. The molecule has 88 valence electrons. The molecule has 0 aliphatic heterocycles. The molecule has 1 heterocycles. The van der Waals surface area contributed by atoms with E-state index in [0.717, 1.165) is 21.0 Å². The normalized spacial score (nSPS) is 10.5. The fourth-order valence-corrected chi connectivity index (χ4v) is 2.39. The third-order valence-electron chi connectivity index (χ3n) is 2.49. The van der Waals surface area contributed by atoms with Gasteiger partial charge in [0.05, 0.1) is 4.92 Å². The van der Waals surface area contributed by atoms with E-state index in [2.05, 4.69) is 4.98 Å². The number of anilines is 1. The quantitative estimate of drug-likeness (QED) is 0.655. The highest BCUT2D eigenvalue weighted by Gasteiger charge is 2.13. The predicted octanol–water partition coefficient (Wildman–Crippen LogP) is 2.92. The van der Waals surface area contributed by atoms with Crippen LogP contribution in [0, 0.1) is 24.0 Å². The number of non-ortho nitro benzene ring substituents is 1. The van der Waals surface area contributed by atoms with Gasteiger partial charge in [0, 0.05) is 22.6 Å². The molecule has 1 aromatic heterocycles. The highest BCUT2D eigenvalue weighted by atomic mass is 32.1. The van der Waals surface area contributed by atoms with E-state index in [0.29, 0.717) is 5.82 Å². The molecule has 0 amide bonds. The Morgan fingerprint density at radius 3 is 2.65 bits per heavy atom. The van der Waals surface area contributed by atoms with Gasteiger partial charge in [0.2, 0.25) is 0 Å². The van der Waals surface area contributed by atoms with Crippen LogP contribution in [-0.4, -0.2) is 9.91 Å². The number of nitro benzene ring substituents is 1. The lowest BCUT2D eigenvalue weighted by Gasteiger charge is -2.01. The molecule has 0 spiro atoms. The zero-order chi connectivity index (χ0) is 12.6. The molecule has 5 nitrogen and oxygen atoms in total. The van der Waals surface area contributed by atoms with E-state index in [1.807, 2.05) is 13.8 Å². The van der Waals surface area contributed by atoms with Crippen LogP contribution in [0.2, 0.25) is 0 Å². The van der Waals surface area contributed by atoms with E-state index in [1.165, 1.54) is 23.5 Å². The molecule has 0 atom stereocenters. The third-order valence-corrected chi connectivity index (χ3v) is 3.51. The SMILES string of the molecule is Cc1ccc([N+](=O)[O-])cc1-c1nc(N)c(C)s1. The molecule has 0 saturated heterocycles. The number of rotatable bonds is 2. The molecule has 2 rings (SSSR count). The number of nitro groups is 1. The van der Waals surface area contributed by atoms with E-state index in [9.17, 15) is 10.1 Å². The number of hydrogen-bond donors (Lipinski definition) is 1. The van der Waals surface area contributed by atoms with Crippen LogP contribution in [-0.2, 0) is 0 Å². The van der Waals surface area contributed by atoms with Crippen molar-refractivity contribution < 1.29 is 4.92 Å². The van der Waals surface area contributed by atoms with E-state index in [4.69, 9.17) is 5.73 Å². The number of nitrogen functional groups attached to an aromatic ring is 1. The van der Waals surface area contributed by atoms with Gasteiger partial charge >= 0.3 is 0 Å². The Morgan fingerprint density at radius 2 is 2.12 bits per heavy atom. The minimum atomic E-state index is -0.410. The molecule has 0 aliphatic rings. The summed E-state index contributed by atoms with van der Waals surface area (Å²) in [5.74, 6) is 0.482. The van der Waals surface area contributed by atoms with Gasteiger partial charge in [-0.2, -0.15) is 0 Å². The first-order valence-corrected chi connectivity index (χ1v) is 5.79. The van der Waals surface area contributed by atoms with Crippen molar-refractivity contribution >= 4 is 22.8 Å². The molecule has 17 heavy (non-hydrogen) atoms. The van der Waals surface area contributed by atoms with Crippen LogP contribution in [0.25, 0.3) is 10.6 Å². The van der Waals surface area contributed by atoms with Crippen LogP contribution < -0.4 is 5.73 Å². The summed E-state index contributed by atoms with van der Waals surface area (Å²) in [4.78, 5) is 15.5. The average molecular weight is 249 g/mol. The minimum Gasteiger partial charge on any atom is -0.383 e. The monoisotopic (exact) mass is 249 g/mol. The lowest BCUT2D eigenvalue weighted by Crippen LogP contribution is -1.91. The standard InChI is InChI=1S/C11H11N3O2S/c1-6-3-4-8(14(15)16)5-9(6)11-13-10(12)7(2)17-11/h3-5H,12H2,1-2H3. The fourth-order valence-electron chi connectivity index (χ4n) is 1.48. The molecule has 0 radical (unpaired) electrons. The Hall–Kier alpha value is -1.95. The highest BCUT2D eigenvalue weighted by Crippen LogP contribution is 2.33. The van der Waals surface area contributed by atoms with Gasteiger partial charge in [-0.15, -0.1) is 11.3 Å². The summed E-state index contributed by atoms with van der Waals surface area (Å²) < 4.78 is 0. The zero-order valence-corrected chi connectivity index (χ0v) is 10.2. The Kier molecular flexibility index (Phi) is 2.81. The average Bonchev–Trinajstić information content (AvgIpc) is 2.59. The Morgan fingerprint density at radius 1 is 1.41 bits per heavy atom. The second kappa shape index (κ2) is 4.14. The van der Waals surface area contributed by atoms with Gasteiger partial charge in [0.1, 0.15) is 10.8 Å². The maximum absolute atomic E-state index is 10.7. The van der Waals surface area contributed by atoms with Crippen LogP contribution in [0.1, 0.15) is 10.4 Å². The molecule has 6 heteroatoms. The predicted molar refractivity (Wildman–Crippen MR) is 68.1 cm³/mol. The Bertz CT molecular complexity index is 573. The molecule has 1 aromatic carbocycles. The number of nitrogens with two attached hydrogens (primary N) is 1. The number of aryl methyl sites for hydroxylation is 2. The number of benzene rings is 1. The van der Waals surface area contributed by atoms with Crippen LogP contribution >= 0.6 is 11.3 Å². The van der Waals surface area contributed by atoms with Crippen molar-refractivity contribution in [2.45, 2.75) is 13.8 Å². The number of aromatic nitrogens is 1. The zero-order valence-electron chi connectivity index (χ0n) is 9.43. The second-order valence-electron chi connectivity index (χ2n) is 3.72. The summed E-state index contributed by atoms with van der Waals surface area (Å²) in [5.41, 5.74) is 7.47. The van der Waals surface area contributed by atoms with E-state index >= 15 is 0 Å². The van der Waals surface area contributed by atoms with Crippen LogP contribution in [0.4, 0.5) is 11.5 Å². The van der Waals surface area contributed by atoms with Gasteiger partial charge in [0.25, 0.3) is 5.69 Å². The van der Waals surface area contributed by atoms with Crippen LogP contribution in [0.3, 0.4) is 0 Å².